The molecule has 10 nitrogen and oxygen atoms in total. The summed E-state index contributed by atoms with van der Waals surface area (Å²) in [5, 5.41) is 27.5. The summed E-state index contributed by atoms with van der Waals surface area (Å²) in [7, 11) is 0. The maximum atomic E-state index is 12.4. The molecule has 0 aliphatic carbocycles. The predicted molar refractivity (Wildman–Crippen MR) is 128 cm³/mol. The predicted octanol–water partition coefficient (Wildman–Crippen LogP) is 4.43. The zero-order chi connectivity index (χ0) is 28.3. The highest BCUT2D eigenvalue weighted by Crippen LogP contribution is 2.29. The fourth-order valence-corrected chi connectivity index (χ4v) is 3.31. The molecule has 198 valence electrons. The van der Waals surface area contributed by atoms with Crippen molar-refractivity contribution >= 4 is 17.4 Å². The molecule has 3 heterocycles. The van der Waals surface area contributed by atoms with Crippen LogP contribution in [0.3, 0.4) is 0 Å². The number of aliphatic carboxylic acids is 1. The van der Waals surface area contributed by atoms with Crippen LogP contribution in [0.4, 0.5) is 13.2 Å². The molecule has 2 N–H and O–H groups in total. The number of benzene rings is 1. The summed E-state index contributed by atoms with van der Waals surface area (Å²) in [5.41, 5.74) is 4.76. The van der Waals surface area contributed by atoms with Gasteiger partial charge < -0.3 is 14.9 Å². The van der Waals surface area contributed by atoms with Gasteiger partial charge in [0.05, 0.1) is 17.3 Å². The number of nitriles is 1. The molecule has 0 spiro atoms. The Morgan fingerprint density at radius 3 is 2.45 bits per heavy atom. The van der Waals surface area contributed by atoms with Crippen LogP contribution in [-0.2, 0) is 16.8 Å². The second-order valence-electron chi connectivity index (χ2n) is 9.18. The number of amides is 1. The number of nitrogens with one attached hydrogen (secondary N) is 1. The Bertz CT molecular complexity index is 1530. The molecule has 3 aromatic heterocycles. The Hall–Kier alpha value is -4.73. The van der Waals surface area contributed by atoms with E-state index in [9.17, 15) is 23.2 Å². The number of nitrogens with zero attached hydrogens (tertiary/aromatic N) is 5. The Morgan fingerprint density at radius 2 is 1.89 bits per heavy atom. The van der Waals surface area contributed by atoms with Gasteiger partial charge in [-0.2, -0.15) is 28.5 Å². The first kappa shape index (κ1) is 27.9. The van der Waals surface area contributed by atoms with Gasteiger partial charge in [0.1, 0.15) is 6.07 Å². The monoisotopic (exact) mass is 528 g/mol. The SMILES string of the molecule is Cc1cc(-c2c(C#N)cnn3cccc23)ccc1CNC(=O)c1noc(C(C)(C)C)n1.O=C(O)C(F)(F)F. The van der Waals surface area contributed by atoms with E-state index in [2.05, 4.69) is 26.6 Å². The fraction of sp³-hybridized carbons (Fsp3) is 0.280. The minimum absolute atomic E-state index is 0.0188. The van der Waals surface area contributed by atoms with E-state index in [1.807, 2.05) is 64.2 Å². The highest BCUT2D eigenvalue weighted by molar-refractivity contribution is 5.90. The van der Waals surface area contributed by atoms with Crippen molar-refractivity contribution in [3.8, 4) is 17.2 Å². The van der Waals surface area contributed by atoms with Crippen molar-refractivity contribution in [3.63, 3.8) is 0 Å². The van der Waals surface area contributed by atoms with Crippen LogP contribution in [0.5, 0.6) is 0 Å². The smallest absolute Gasteiger partial charge is 0.475 e. The third kappa shape index (κ3) is 6.33. The topological polar surface area (TPSA) is 146 Å². The molecule has 0 bridgehead atoms. The van der Waals surface area contributed by atoms with Gasteiger partial charge in [-0.1, -0.05) is 44.1 Å². The van der Waals surface area contributed by atoms with Crippen molar-refractivity contribution in [3.05, 3.63) is 71.1 Å². The number of carbonyl (C=O) groups is 2. The maximum absolute atomic E-state index is 12.4. The number of aryl methyl sites for hydroxylation is 1. The van der Waals surface area contributed by atoms with Crippen molar-refractivity contribution in [2.24, 2.45) is 0 Å². The van der Waals surface area contributed by atoms with Crippen LogP contribution < -0.4 is 5.32 Å². The molecule has 0 saturated carbocycles. The van der Waals surface area contributed by atoms with Gasteiger partial charge in [-0.25, -0.2) is 9.31 Å². The third-order valence-electron chi connectivity index (χ3n) is 5.27. The van der Waals surface area contributed by atoms with E-state index in [4.69, 9.17) is 14.4 Å². The molecule has 0 saturated heterocycles. The number of carbonyl (C=O) groups excluding carboxylic acids is 1. The first-order valence-electron chi connectivity index (χ1n) is 11.1. The van der Waals surface area contributed by atoms with Crippen LogP contribution >= 0.6 is 0 Å². The number of alkyl halides is 3. The van der Waals surface area contributed by atoms with Crippen molar-refractivity contribution in [2.75, 3.05) is 0 Å². The molecule has 0 unspecified atom stereocenters. The zero-order valence-corrected chi connectivity index (χ0v) is 20.8. The molecule has 4 rings (SSSR count). The molecule has 0 fully saturated rings. The Labute approximate surface area is 214 Å². The number of aromatic nitrogens is 4. The maximum Gasteiger partial charge on any atom is 0.490 e. The molecule has 0 radical (unpaired) electrons. The van der Waals surface area contributed by atoms with Gasteiger partial charge in [-0.15, -0.1) is 0 Å². The molecular formula is C25H23F3N6O4. The van der Waals surface area contributed by atoms with Crippen molar-refractivity contribution in [1.82, 2.24) is 25.1 Å². The highest BCUT2D eigenvalue weighted by Gasteiger charge is 2.38. The van der Waals surface area contributed by atoms with E-state index in [0.29, 0.717) is 18.0 Å². The second kappa shape index (κ2) is 10.7. The Morgan fingerprint density at radius 1 is 1.21 bits per heavy atom. The largest absolute Gasteiger partial charge is 0.490 e. The van der Waals surface area contributed by atoms with E-state index < -0.39 is 18.1 Å². The normalized spacial score (nSPS) is 11.4. The average molecular weight is 528 g/mol. The van der Waals surface area contributed by atoms with Crippen LogP contribution in [0.2, 0.25) is 0 Å². The van der Waals surface area contributed by atoms with Crippen molar-refractivity contribution in [2.45, 2.75) is 45.8 Å². The number of fused-ring (bicyclic) bond motifs is 1. The van der Waals surface area contributed by atoms with Crippen LogP contribution in [0.15, 0.2) is 47.2 Å². The molecular weight excluding hydrogens is 505 g/mol. The molecule has 4 aromatic rings. The van der Waals surface area contributed by atoms with E-state index in [1.165, 1.54) is 0 Å². The van der Waals surface area contributed by atoms with Gasteiger partial charge in [-0.05, 0) is 35.7 Å². The number of halogens is 3. The average Bonchev–Trinajstić information content (AvgIpc) is 3.52. The molecule has 1 aromatic carbocycles. The summed E-state index contributed by atoms with van der Waals surface area (Å²) < 4.78 is 38.7. The lowest BCUT2D eigenvalue weighted by Crippen LogP contribution is -2.24. The van der Waals surface area contributed by atoms with Crippen LogP contribution in [0.1, 0.15) is 54.0 Å². The molecule has 1 amide bonds. The lowest BCUT2D eigenvalue weighted by molar-refractivity contribution is -0.192. The first-order valence-corrected chi connectivity index (χ1v) is 11.1. The fourth-order valence-electron chi connectivity index (χ4n) is 3.31. The van der Waals surface area contributed by atoms with Crippen LogP contribution in [0.25, 0.3) is 16.6 Å². The lowest BCUT2D eigenvalue weighted by atomic mass is 9.97. The minimum Gasteiger partial charge on any atom is -0.475 e. The summed E-state index contributed by atoms with van der Waals surface area (Å²) in [6, 6.07) is 12.0. The van der Waals surface area contributed by atoms with Gasteiger partial charge in [0.25, 0.3) is 11.7 Å². The van der Waals surface area contributed by atoms with E-state index in [0.717, 1.165) is 27.8 Å². The molecule has 38 heavy (non-hydrogen) atoms. The molecule has 0 aliphatic heterocycles. The number of rotatable bonds is 4. The number of carboxylic acid groups (broad SMARTS) is 1. The molecule has 0 atom stereocenters. The number of carboxylic acids is 1. The first-order chi connectivity index (χ1) is 17.7. The van der Waals surface area contributed by atoms with Crippen molar-refractivity contribution in [1.29, 1.82) is 5.26 Å². The summed E-state index contributed by atoms with van der Waals surface area (Å²) in [4.78, 5) is 25.5. The molecule has 13 heteroatoms. The summed E-state index contributed by atoms with van der Waals surface area (Å²) in [5.74, 6) is -2.71. The van der Waals surface area contributed by atoms with Crippen molar-refractivity contribution < 1.29 is 32.4 Å². The van der Waals surface area contributed by atoms with Gasteiger partial charge in [0.2, 0.25) is 5.89 Å². The highest BCUT2D eigenvalue weighted by atomic mass is 19.4. The summed E-state index contributed by atoms with van der Waals surface area (Å²) >= 11 is 0. The summed E-state index contributed by atoms with van der Waals surface area (Å²) in [6.45, 7) is 8.12. The van der Waals surface area contributed by atoms with Crippen LogP contribution in [0, 0.1) is 18.3 Å². The molecule has 0 aliphatic rings. The number of hydrogen-bond acceptors (Lipinski definition) is 7. The minimum atomic E-state index is -5.08. The van der Waals surface area contributed by atoms with Gasteiger partial charge in [0, 0.05) is 23.7 Å². The van der Waals surface area contributed by atoms with Crippen LogP contribution in [-0.4, -0.2) is 42.9 Å². The van der Waals surface area contributed by atoms with Gasteiger partial charge >= 0.3 is 12.1 Å². The van der Waals surface area contributed by atoms with E-state index in [-0.39, 0.29) is 11.2 Å². The quantitative estimate of drug-likeness (QED) is 0.396. The Balaban J connectivity index is 0.000000505. The standard InChI is InChI=1S/C23H22N6O2.C2HF3O2/c1-14-10-15(19-17(11-24)13-26-29-9-5-6-18(19)29)7-8-16(14)12-25-21(30)20-27-22(31-28-20)23(2,3)4;3-2(4,5)1(6)7/h5-10,13H,12H2,1-4H3,(H,25,30);(H,6,7). The Kier molecular flexibility index (Phi) is 7.85. The van der Waals surface area contributed by atoms with Gasteiger partial charge in [-0.3, -0.25) is 4.79 Å². The number of hydrogen-bond donors (Lipinski definition) is 2. The second-order valence-corrected chi connectivity index (χ2v) is 9.18. The lowest BCUT2D eigenvalue weighted by Gasteiger charge is -2.12. The summed E-state index contributed by atoms with van der Waals surface area (Å²) in [6.07, 6.45) is -1.66. The third-order valence-corrected chi connectivity index (χ3v) is 5.27. The van der Waals surface area contributed by atoms with Gasteiger partial charge in [0.15, 0.2) is 0 Å². The zero-order valence-electron chi connectivity index (χ0n) is 20.8. The van der Waals surface area contributed by atoms with E-state index >= 15 is 0 Å². The van der Waals surface area contributed by atoms with E-state index in [1.54, 1.807) is 10.7 Å².